The lowest BCUT2D eigenvalue weighted by atomic mass is 10.1. The van der Waals surface area contributed by atoms with Crippen molar-refractivity contribution in [3.05, 3.63) is 45.5 Å². The van der Waals surface area contributed by atoms with Crippen LogP contribution < -0.4 is 11.3 Å². The zero-order valence-corrected chi connectivity index (χ0v) is 10.8. The van der Waals surface area contributed by atoms with Crippen LogP contribution in [0.15, 0.2) is 16.9 Å². The summed E-state index contributed by atoms with van der Waals surface area (Å²) in [6.07, 6.45) is 0. The molecular formula is C13H12F3N3O. The molecule has 3 N–H and O–H groups in total. The molecule has 2 rings (SSSR count). The molecule has 2 aromatic rings. The van der Waals surface area contributed by atoms with Crippen LogP contribution in [0.25, 0.3) is 11.4 Å². The maximum atomic E-state index is 13.2. The Morgan fingerprint density at radius 3 is 2.20 bits per heavy atom. The fraction of sp³-hybridized carbons (Fsp3) is 0.231. The van der Waals surface area contributed by atoms with Gasteiger partial charge < -0.3 is 10.7 Å². The monoisotopic (exact) mass is 283 g/mol. The fourth-order valence-corrected chi connectivity index (χ4v) is 1.89. The quantitative estimate of drug-likeness (QED) is 0.832. The van der Waals surface area contributed by atoms with Crippen LogP contribution in [-0.2, 0) is 0 Å². The zero-order valence-electron chi connectivity index (χ0n) is 10.8. The molecule has 0 unspecified atom stereocenters. The Kier molecular flexibility index (Phi) is 3.52. The van der Waals surface area contributed by atoms with Crippen molar-refractivity contribution in [2.24, 2.45) is 0 Å². The third-order valence-electron chi connectivity index (χ3n) is 2.82. The number of halogens is 3. The SMILES string of the molecule is CC(C)c1c(N)nc(-c2cc(F)c(F)c(F)c2)[nH]c1=O. The summed E-state index contributed by atoms with van der Waals surface area (Å²) in [5, 5.41) is 0. The fourth-order valence-electron chi connectivity index (χ4n) is 1.89. The highest BCUT2D eigenvalue weighted by molar-refractivity contribution is 5.58. The van der Waals surface area contributed by atoms with E-state index in [1.54, 1.807) is 13.8 Å². The third kappa shape index (κ3) is 2.38. The Bertz CT molecular complexity index is 702. The zero-order chi connectivity index (χ0) is 15.0. The highest BCUT2D eigenvalue weighted by Crippen LogP contribution is 2.22. The predicted molar refractivity (Wildman–Crippen MR) is 68.7 cm³/mol. The van der Waals surface area contributed by atoms with E-state index in [1.165, 1.54) is 0 Å². The molecule has 0 aliphatic rings. The van der Waals surface area contributed by atoms with E-state index < -0.39 is 23.0 Å². The van der Waals surface area contributed by atoms with Crippen molar-refractivity contribution in [2.45, 2.75) is 19.8 Å². The van der Waals surface area contributed by atoms with Crippen molar-refractivity contribution in [1.82, 2.24) is 9.97 Å². The number of aromatic nitrogens is 2. The van der Waals surface area contributed by atoms with Gasteiger partial charge in [-0.1, -0.05) is 13.8 Å². The second-order valence-electron chi connectivity index (χ2n) is 4.62. The van der Waals surface area contributed by atoms with Crippen molar-refractivity contribution in [3.8, 4) is 11.4 Å². The third-order valence-corrected chi connectivity index (χ3v) is 2.82. The van der Waals surface area contributed by atoms with Crippen LogP contribution in [0.1, 0.15) is 25.3 Å². The average Bonchev–Trinajstić information content (AvgIpc) is 2.33. The van der Waals surface area contributed by atoms with Crippen molar-refractivity contribution in [3.63, 3.8) is 0 Å². The van der Waals surface area contributed by atoms with E-state index in [2.05, 4.69) is 9.97 Å². The van der Waals surface area contributed by atoms with Crippen molar-refractivity contribution >= 4 is 5.82 Å². The first-order chi connectivity index (χ1) is 9.31. The molecule has 0 saturated carbocycles. The van der Waals surface area contributed by atoms with Crippen LogP contribution in [0.3, 0.4) is 0 Å². The molecule has 0 aliphatic carbocycles. The molecule has 0 bridgehead atoms. The molecule has 20 heavy (non-hydrogen) atoms. The highest BCUT2D eigenvalue weighted by atomic mass is 19.2. The van der Waals surface area contributed by atoms with E-state index >= 15 is 0 Å². The normalized spacial score (nSPS) is 11.1. The van der Waals surface area contributed by atoms with E-state index in [-0.39, 0.29) is 28.7 Å². The van der Waals surface area contributed by atoms with E-state index in [0.29, 0.717) is 0 Å². The molecule has 0 fully saturated rings. The maximum Gasteiger partial charge on any atom is 0.256 e. The minimum atomic E-state index is -1.58. The molecule has 1 aromatic heterocycles. The molecule has 7 heteroatoms. The summed E-state index contributed by atoms with van der Waals surface area (Å²) in [5.74, 6) is -4.60. The lowest BCUT2D eigenvalue weighted by Gasteiger charge is -2.09. The molecule has 4 nitrogen and oxygen atoms in total. The number of rotatable bonds is 2. The lowest BCUT2D eigenvalue weighted by molar-refractivity contribution is 0.447. The Labute approximate surface area is 112 Å². The van der Waals surface area contributed by atoms with E-state index in [4.69, 9.17) is 5.73 Å². The Hall–Kier alpha value is -2.31. The van der Waals surface area contributed by atoms with Crippen LogP contribution in [0.4, 0.5) is 19.0 Å². The number of anilines is 1. The lowest BCUT2D eigenvalue weighted by Crippen LogP contribution is -2.19. The molecule has 0 radical (unpaired) electrons. The second-order valence-corrected chi connectivity index (χ2v) is 4.62. The van der Waals surface area contributed by atoms with Crippen molar-refractivity contribution in [2.75, 3.05) is 5.73 Å². The number of aromatic amines is 1. The molecule has 0 aliphatic heterocycles. The number of benzene rings is 1. The Morgan fingerprint density at radius 2 is 1.75 bits per heavy atom. The standard InChI is InChI=1S/C13H12F3N3O/c1-5(2)9-11(17)18-12(19-13(9)20)6-3-7(14)10(16)8(15)4-6/h3-5H,1-2H3,(H3,17,18,19,20). The molecule has 0 atom stereocenters. The number of hydrogen-bond donors (Lipinski definition) is 2. The number of hydrogen-bond acceptors (Lipinski definition) is 3. The van der Waals surface area contributed by atoms with Gasteiger partial charge in [-0.2, -0.15) is 0 Å². The smallest absolute Gasteiger partial charge is 0.256 e. The predicted octanol–water partition coefficient (Wildman–Crippen LogP) is 2.56. The first kappa shape index (κ1) is 14.1. The first-order valence-electron chi connectivity index (χ1n) is 5.86. The van der Waals surface area contributed by atoms with Crippen LogP contribution in [-0.4, -0.2) is 9.97 Å². The highest BCUT2D eigenvalue weighted by Gasteiger charge is 2.16. The van der Waals surface area contributed by atoms with Gasteiger partial charge in [0.1, 0.15) is 11.6 Å². The van der Waals surface area contributed by atoms with Crippen LogP contribution in [0.2, 0.25) is 0 Å². The van der Waals surface area contributed by atoms with Gasteiger partial charge in [0, 0.05) is 5.56 Å². The van der Waals surface area contributed by atoms with E-state index in [9.17, 15) is 18.0 Å². The number of nitrogen functional groups attached to an aromatic ring is 1. The van der Waals surface area contributed by atoms with Gasteiger partial charge in [-0.3, -0.25) is 4.79 Å². The van der Waals surface area contributed by atoms with Gasteiger partial charge >= 0.3 is 0 Å². The Morgan fingerprint density at radius 1 is 1.20 bits per heavy atom. The van der Waals surface area contributed by atoms with Gasteiger partial charge in [-0.25, -0.2) is 18.2 Å². The second kappa shape index (κ2) is 4.99. The molecule has 1 aromatic carbocycles. The summed E-state index contributed by atoms with van der Waals surface area (Å²) in [7, 11) is 0. The van der Waals surface area contributed by atoms with Gasteiger partial charge in [0.05, 0.1) is 5.56 Å². The summed E-state index contributed by atoms with van der Waals surface area (Å²) in [6.45, 7) is 3.53. The topological polar surface area (TPSA) is 71.8 Å². The van der Waals surface area contributed by atoms with Gasteiger partial charge in [0.25, 0.3) is 5.56 Å². The maximum absolute atomic E-state index is 13.2. The van der Waals surface area contributed by atoms with Crippen molar-refractivity contribution in [1.29, 1.82) is 0 Å². The summed E-state index contributed by atoms with van der Waals surface area (Å²) >= 11 is 0. The summed E-state index contributed by atoms with van der Waals surface area (Å²) in [6, 6.07) is 1.48. The van der Waals surface area contributed by atoms with Gasteiger partial charge in [0.2, 0.25) is 0 Å². The van der Waals surface area contributed by atoms with Gasteiger partial charge in [-0.05, 0) is 18.1 Å². The number of nitrogens with zero attached hydrogens (tertiary/aromatic N) is 1. The number of nitrogens with one attached hydrogen (secondary N) is 1. The van der Waals surface area contributed by atoms with Gasteiger partial charge in [-0.15, -0.1) is 0 Å². The molecule has 0 saturated heterocycles. The minimum Gasteiger partial charge on any atom is -0.383 e. The van der Waals surface area contributed by atoms with E-state index in [0.717, 1.165) is 12.1 Å². The number of H-pyrrole nitrogens is 1. The Balaban J connectivity index is 2.63. The first-order valence-corrected chi connectivity index (χ1v) is 5.86. The molecular weight excluding hydrogens is 271 g/mol. The van der Waals surface area contributed by atoms with Crippen LogP contribution in [0.5, 0.6) is 0 Å². The van der Waals surface area contributed by atoms with Crippen molar-refractivity contribution < 1.29 is 13.2 Å². The summed E-state index contributed by atoms with van der Waals surface area (Å²) < 4.78 is 39.2. The number of nitrogens with two attached hydrogens (primary N) is 1. The van der Waals surface area contributed by atoms with Crippen LogP contribution in [0, 0.1) is 17.5 Å². The molecule has 0 amide bonds. The van der Waals surface area contributed by atoms with E-state index in [1.807, 2.05) is 0 Å². The molecule has 0 spiro atoms. The largest absolute Gasteiger partial charge is 0.383 e. The van der Waals surface area contributed by atoms with Gasteiger partial charge in [0.15, 0.2) is 17.5 Å². The summed E-state index contributed by atoms with van der Waals surface area (Å²) in [4.78, 5) is 18.2. The average molecular weight is 283 g/mol. The van der Waals surface area contributed by atoms with Crippen LogP contribution >= 0.6 is 0 Å². The minimum absolute atomic E-state index is 0.0242. The summed E-state index contributed by atoms with van der Waals surface area (Å²) in [5.41, 5.74) is 5.37. The molecule has 1 heterocycles. The molecule has 106 valence electrons.